The summed E-state index contributed by atoms with van der Waals surface area (Å²) in [6.45, 7) is 3.87. The molecule has 4 aromatic rings. The number of anilines is 2. The van der Waals surface area contributed by atoms with Crippen molar-refractivity contribution in [3.05, 3.63) is 106 Å². The SMILES string of the molecule is Cc1ccc(C(C)NC(=O)c2ccc(Cl)cc2N(c2nsnc2Cc2ccccc2)S(=O)O)cc1. The molecule has 2 unspecified atom stereocenters. The van der Waals surface area contributed by atoms with Gasteiger partial charge in [-0.2, -0.15) is 8.75 Å². The van der Waals surface area contributed by atoms with Crippen molar-refractivity contribution >= 4 is 52.0 Å². The van der Waals surface area contributed by atoms with E-state index in [1.807, 2.05) is 68.4 Å². The molecule has 0 saturated heterocycles. The van der Waals surface area contributed by atoms with Crippen LogP contribution in [0.4, 0.5) is 11.5 Å². The molecule has 0 aliphatic carbocycles. The maximum absolute atomic E-state index is 13.3. The van der Waals surface area contributed by atoms with Gasteiger partial charge in [0.05, 0.1) is 29.0 Å². The fourth-order valence-electron chi connectivity index (χ4n) is 3.61. The van der Waals surface area contributed by atoms with Crippen molar-refractivity contribution in [2.24, 2.45) is 0 Å². The molecule has 2 atom stereocenters. The van der Waals surface area contributed by atoms with Crippen molar-refractivity contribution in [1.29, 1.82) is 0 Å². The summed E-state index contributed by atoms with van der Waals surface area (Å²) in [5.41, 5.74) is 3.90. The molecule has 180 valence electrons. The van der Waals surface area contributed by atoms with Crippen LogP contribution in [0.15, 0.2) is 72.8 Å². The maximum Gasteiger partial charge on any atom is 0.268 e. The molecule has 3 aromatic carbocycles. The minimum absolute atomic E-state index is 0.161. The number of carbonyl (C=O) groups is 1. The highest BCUT2D eigenvalue weighted by atomic mass is 35.5. The third-order valence-corrected chi connectivity index (χ3v) is 6.92. The number of aryl methyl sites for hydroxylation is 1. The van der Waals surface area contributed by atoms with E-state index in [0.29, 0.717) is 17.1 Å². The van der Waals surface area contributed by atoms with Gasteiger partial charge in [0.1, 0.15) is 5.69 Å². The third kappa shape index (κ3) is 5.94. The van der Waals surface area contributed by atoms with Gasteiger partial charge in [0.2, 0.25) is 0 Å². The molecule has 0 aliphatic rings. The van der Waals surface area contributed by atoms with Crippen LogP contribution in [-0.2, 0) is 17.7 Å². The standard InChI is InChI=1S/C25H23ClN4O3S2/c1-16-8-10-19(11-9-16)17(2)27-25(31)21-13-12-20(26)15-23(21)30(35(32)33)24-22(28-34-29-24)14-18-6-4-3-5-7-18/h3-13,15,17H,14H2,1-2H3,(H,27,31)(H,32,33). The van der Waals surface area contributed by atoms with Crippen molar-refractivity contribution < 1.29 is 13.6 Å². The van der Waals surface area contributed by atoms with Gasteiger partial charge in [0.25, 0.3) is 17.2 Å². The highest BCUT2D eigenvalue weighted by Gasteiger charge is 2.28. The van der Waals surface area contributed by atoms with E-state index in [-0.39, 0.29) is 23.1 Å². The lowest BCUT2D eigenvalue weighted by Crippen LogP contribution is -2.30. The molecule has 1 heterocycles. The van der Waals surface area contributed by atoms with Crippen molar-refractivity contribution in [2.45, 2.75) is 26.3 Å². The first-order chi connectivity index (χ1) is 16.8. The highest BCUT2D eigenvalue weighted by Crippen LogP contribution is 2.34. The molecule has 7 nitrogen and oxygen atoms in total. The number of nitrogens with one attached hydrogen (secondary N) is 1. The predicted molar refractivity (Wildman–Crippen MR) is 141 cm³/mol. The summed E-state index contributed by atoms with van der Waals surface area (Å²) in [6, 6.07) is 21.8. The number of rotatable bonds is 8. The molecule has 2 N–H and O–H groups in total. The first-order valence-corrected chi connectivity index (χ1v) is 12.9. The molecule has 0 radical (unpaired) electrons. The zero-order chi connectivity index (χ0) is 24.9. The molecular formula is C25H23ClN4O3S2. The van der Waals surface area contributed by atoms with Gasteiger partial charge in [-0.3, -0.25) is 9.35 Å². The van der Waals surface area contributed by atoms with Gasteiger partial charge in [-0.15, -0.1) is 0 Å². The summed E-state index contributed by atoms with van der Waals surface area (Å²) >= 11 is 4.64. The Bertz CT molecular complexity index is 1350. The zero-order valence-electron chi connectivity index (χ0n) is 19.0. The van der Waals surface area contributed by atoms with Crippen LogP contribution in [0.1, 0.15) is 45.7 Å². The highest BCUT2D eigenvalue weighted by molar-refractivity contribution is 7.81. The lowest BCUT2D eigenvalue weighted by molar-refractivity contribution is 0.0940. The molecule has 0 fully saturated rings. The number of hydrogen-bond acceptors (Lipinski definition) is 5. The molecule has 35 heavy (non-hydrogen) atoms. The Morgan fingerprint density at radius 2 is 1.83 bits per heavy atom. The smallest absolute Gasteiger partial charge is 0.268 e. The maximum atomic E-state index is 13.3. The molecular weight excluding hydrogens is 504 g/mol. The van der Waals surface area contributed by atoms with Gasteiger partial charge in [-0.25, -0.2) is 8.51 Å². The van der Waals surface area contributed by atoms with Crippen LogP contribution in [-0.4, -0.2) is 23.4 Å². The van der Waals surface area contributed by atoms with E-state index < -0.39 is 17.2 Å². The van der Waals surface area contributed by atoms with Gasteiger partial charge in [0, 0.05) is 11.4 Å². The number of amides is 1. The fourth-order valence-corrected chi connectivity index (χ4v) is 4.99. The zero-order valence-corrected chi connectivity index (χ0v) is 21.4. The molecule has 4 rings (SSSR count). The van der Waals surface area contributed by atoms with E-state index >= 15 is 0 Å². The van der Waals surface area contributed by atoms with Crippen molar-refractivity contribution in [3.8, 4) is 0 Å². The summed E-state index contributed by atoms with van der Waals surface area (Å²) in [5, 5.41) is 3.27. The van der Waals surface area contributed by atoms with Crippen LogP contribution in [0.25, 0.3) is 0 Å². The lowest BCUT2D eigenvalue weighted by atomic mass is 10.1. The Balaban J connectivity index is 1.69. The Hall–Kier alpha value is -3.11. The predicted octanol–water partition coefficient (Wildman–Crippen LogP) is 5.86. The minimum Gasteiger partial charge on any atom is -0.345 e. The molecule has 0 saturated carbocycles. The number of carbonyl (C=O) groups excluding carboxylic acids is 1. The molecule has 0 bridgehead atoms. The average Bonchev–Trinajstić information content (AvgIpc) is 3.27. The minimum atomic E-state index is -2.54. The van der Waals surface area contributed by atoms with Gasteiger partial charge < -0.3 is 5.32 Å². The van der Waals surface area contributed by atoms with E-state index in [1.54, 1.807) is 6.07 Å². The largest absolute Gasteiger partial charge is 0.345 e. The molecule has 10 heteroatoms. The van der Waals surface area contributed by atoms with E-state index in [4.69, 9.17) is 11.6 Å². The van der Waals surface area contributed by atoms with E-state index in [0.717, 1.165) is 32.7 Å². The lowest BCUT2D eigenvalue weighted by Gasteiger charge is -2.22. The topological polar surface area (TPSA) is 95.4 Å². The number of halogens is 1. The second-order valence-corrected chi connectivity index (χ2v) is 9.78. The first kappa shape index (κ1) is 25.0. The first-order valence-electron chi connectivity index (χ1n) is 10.8. The van der Waals surface area contributed by atoms with Crippen molar-refractivity contribution in [1.82, 2.24) is 14.1 Å². The van der Waals surface area contributed by atoms with Gasteiger partial charge in [-0.05, 0) is 43.2 Å². The van der Waals surface area contributed by atoms with Crippen LogP contribution in [0.2, 0.25) is 5.02 Å². The van der Waals surface area contributed by atoms with Gasteiger partial charge >= 0.3 is 0 Å². The molecule has 0 aliphatic heterocycles. The van der Waals surface area contributed by atoms with E-state index in [1.165, 1.54) is 12.1 Å². The Morgan fingerprint density at radius 1 is 1.11 bits per heavy atom. The van der Waals surface area contributed by atoms with Crippen molar-refractivity contribution in [2.75, 3.05) is 4.31 Å². The molecule has 0 spiro atoms. The second kappa shape index (κ2) is 11.1. The van der Waals surface area contributed by atoms with Crippen LogP contribution < -0.4 is 9.62 Å². The summed E-state index contributed by atoms with van der Waals surface area (Å²) in [7, 11) is 0. The fraction of sp³-hybridized carbons (Fsp3) is 0.160. The average molecular weight is 527 g/mol. The van der Waals surface area contributed by atoms with Crippen LogP contribution >= 0.6 is 23.3 Å². The number of hydrogen-bond donors (Lipinski definition) is 2. The van der Waals surface area contributed by atoms with Gasteiger partial charge in [0.15, 0.2) is 5.82 Å². The Kier molecular flexibility index (Phi) is 7.92. The summed E-state index contributed by atoms with van der Waals surface area (Å²) in [6.07, 6.45) is 0.410. The van der Waals surface area contributed by atoms with E-state index in [9.17, 15) is 13.6 Å². The monoisotopic (exact) mass is 526 g/mol. The molecule has 1 aromatic heterocycles. The van der Waals surface area contributed by atoms with Crippen LogP contribution in [0, 0.1) is 6.92 Å². The van der Waals surface area contributed by atoms with Crippen LogP contribution in [0.5, 0.6) is 0 Å². The quantitative estimate of drug-likeness (QED) is 0.280. The van der Waals surface area contributed by atoms with Gasteiger partial charge in [-0.1, -0.05) is 71.8 Å². The Labute approximate surface area is 215 Å². The normalized spacial score (nSPS) is 12.7. The third-order valence-electron chi connectivity index (χ3n) is 5.45. The van der Waals surface area contributed by atoms with Crippen LogP contribution in [0.3, 0.4) is 0 Å². The van der Waals surface area contributed by atoms with Crippen molar-refractivity contribution in [3.63, 3.8) is 0 Å². The van der Waals surface area contributed by atoms with E-state index in [2.05, 4.69) is 14.1 Å². The number of aromatic nitrogens is 2. The summed E-state index contributed by atoms with van der Waals surface area (Å²) < 4.78 is 32.5. The summed E-state index contributed by atoms with van der Waals surface area (Å²) in [5.74, 6) is -0.212. The number of benzene rings is 3. The number of nitrogens with zero attached hydrogens (tertiary/aromatic N) is 3. The molecule has 1 amide bonds. The Morgan fingerprint density at radius 3 is 2.51 bits per heavy atom. The second-order valence-electron chi connectivity index (χ2n) is 7.99. The summed E-state index contributed by atoms with van der Waals surface area (Å²) in [4.78, 5) is 13.3.